The van der Waals surface area contributed by atoms with Crippen LogP contribution in [0, 0.1) is 0 Å². The third-order valence-electron chi connectivity index (χ3n) is 4.93. The molecule has 0 unspecified atom stereocenters. The standard InChI is InChI=1S/C14H24N2O7.5H2O/c1-5-4-6(17)14(20)13(21-5)22-12-10(19)7(15-2)9(18)8(16-3)11(12)23-14;;;;;/h5,7-13,15-16,18-20H,4H2,1-3H3;5*1H2/t5-,7-,8+,9+,10+,11-,12-,13+,14+;;;;;/m1...../s1. The first-order valence-electron chi connectivity index (χ1n) is 7.78. The highest BCUT2D eigenvalue weighted by molar-refractivity contribution is 5.87. The van der Waals surface area contributed by atoms with Gasteiger partial charge in [-0.2, -0.15) is 0 Å². The van der Waals surface area contributed by atoms with Gasteiger partial charge in [-0.3, -0.25) is 4.79 Å². The second-order valence-electron chi connectivity index (χ2n) is 6.40. The SMILES string of the molecule is CN[C@@H]1[C@H](O)[C@H](NC)[C@H]2O[C@@]3(O)C(=O)C[C@@H](C)O[C@H]3O[C@@H]2[C@H]1O.O.O.O.O.O. The first-order valence-corrected chi connectivity index (χ1v) is 7.78. The Morgan fingerprint density at radius 3 is 1.96 bits per heavy atom. The van der Waals surface area contributed by atoms with Crippen LogP contribution in [-0.4, -0.2) is 117 Å². The molecule has 3 aliphatic rings. The summed E-state index contributed by atoms with van der Waals surface area (Å²) in [5.74, 6) is -2.76. The molecule has 9 atom stereocenters. The van der Waals surface area contributed by atoms with Gasteiger partial charge in [0, 0.05) is 6.42 Å². The van der Waals surface area contributed by atoms with Crippen LogP contribution in [0.4, 0.5) is 0 Å². The summed E-state index contributed by atoms with van der Waals surface area (Å²) in [5.41, 5.74) is 0. The second-order valence-corrected chi connectivity index (χ2v) is 6.40. The molecular weight excluding hydrogens is 388 g/mol. The summed E-state index contributed by atoms with van der Waals surface area (Å²) in [5, 5.41) is 37.2. The van der Waals surface area contributed by atoms with Crippen LogP contribution in [0.15, 0.2) is 0 Å². The maximum atomic E-state index is 12.2. The van der Waals surface area contributed by atoms with Crippen LogP contribution in [0.2, 0.25) is 0 Å². The minimum Gasteiger partial charge on any atom is -0.412 e. The minimum absolute atomic E-state index is 0. The molecule has 0 aromatic heterocycles. The van der Waals surface area contributed by atoms with Gasteiger partial charge in [-0.25, -0.2) is 0 Å². The van der Waals surface area contributed by atoms with E-state index in [1.165, 1.54) is 0 Å². The highest BCUT2D eigenvalue weighted by Crippen LogP contribution is 2.40. The molecule has 1 saturated carbocycles. The largest absolute Gasteiger partial charge is 0.412 e. The van der Waals surface area contributed by atoms with Crippen LogP contribution in [-0.2, 0) is 19.0 Å². The van der Waals surface area contributed by atoms with E-state index in [9.17, 15) is 20.1 Å². The summed E-state index contributed by atoms with van der Waals surface area (Å²) in [6.07, 6.45) is -5.58. The molecule has 0 spiro atoms. The first-order chi connectivity index (χ1) is 10.8. The van der Waals surface area contributed by atoms with Crippen LogP contribution in [0.1, 0.15) is 13.3 Å². The molecule has 1 aliphatic carbocycles. The number of fused-ring (bicyclic) bond motifs is 2. The summed E-state index contributed by atoms with van der Waals surface area (Å²) < 4.78 is 16.8. The number of aliphatic hydroxyl groups is 3. The van der Waals surface area contributed by atoms with E-state index in [1.807, 2.05) is 0 Å². The molecule has 3 rings (SSSR count). The molecule has 28 heavy (non-hydrogen) atoms. The normalized spacial score (nSPS) is 44.0. The van der Waals surface area contributed by atoms with E-state index in [4.69, 9.17) is 14.2 Å². The fourth-order valence-corrected chi connectivity index (χ4v) is 3.68. The van der Waals surface area contributed by atoms with Crippen molar-refractivity contribution in [1.29, 1.82) is 0 Å². The Bertz CT molecular complexity index is 485. The van der Waals surface area contributed by atoms with Crippen molar-refractivity contribution in [2.75, 3.05) is 14.1 Å². The molecule has 14 heteroatoms. The number of hydrogen-bond donors (Lipinski definition) is 5. The van der Waals surface area contributed by atoms with Crippen LogP contribution >= 0.6 is 0 Å². The predicted octanol–water partition coefficient (Wildman–Crippen LogP) is -7.05. The summed E-state index contributed by atoms with van der Waals surface area (Å²) in [4.78, 5) is 12.2. The zero-order valence-corrected chi connectivity index (χ0v) is 15.8. The van der Waals surface area contributed by atoms with Gasteiger partial charge in [-0.15, -0.1) is 0 Å². The Kier molecular flexibility index (Phi) is 12.9. The lowest BCUT2D eigenvalue weighted by Gasteiger charge is -2.55. The molecule has 14 nitrogen and oxygen atoms in total. The summed E-state index contributed by atoms with van der Waals surface area (Å²) in [6.45, 7) is 1.70. The van der Waals surface area contributed by atoms with Crippen LogP contribution < -0.4 is 10.6 Å². The van der Waals surface area contributed by atoms with Crippen LogP contribution in [0.3, 0.4) is 0 Å². The van der Waals surface area contributed by atoms with Crippen molar-refractivity contribution in [3.8, 4) is 0 Å². The zero-order chi connectivity index (χ0) is 16.9. The van der Waals surface area contributed by atoms with Crippen molar-refractivity contribution in [2.24, 2.45) is 0 Å². The number of Topliss-reactive ketones (excluding diaryl/α,β-unsaturated/α-hetero) is 1. The number of nitrogens with one attached hydrogen (secondary N) is 2. The Balaban J connectivity index is -0.00000125. The maximum absolute atomic E-state index is 12.2. The van der Waals surface area contributed by atoms with Crippen LogP contribution in [0.25, 0.3) is 0 Å². The zero-order valence-electron chi connectivity index (χ0n) is 15.8. The minimum atomic E-state index is -2.23. The molecule has 0 bridgehead atoms. The lowest BCUT2D eigenvalue weighted by Crippen LogP contribution is -2.77. The fraction of sp³-hybridized carbons (Fsp3) is 0.929. The highest BCUT2D eigenvalue weighted by Gasteiger charge is 2.63. The molecule has 2 saturated heterocycles. The van der Waals surface area contributed by atoms with Crippen molar-refractivity contribution < 1.29 is 61.7 Å². The molecule has 0 amide bonds. The molecule has 3 fully saturated rings. The number of rotatable bonds is 2. The van der Waals surface area contributed by atoms with E-state index in [-0.39, 0.29) is 33.8 Å². The number of carbonyl (C=O) groups is 1. The molecule has 15 N–H and O–H groups in total. The van der Waals surface area contributed by atoms with Crippen molar-refractivity contribution in [1.82, 2.24) is 10.6 Å². The molecule has 0 radical (unpaired) electrons. The maximum Gasteiger partial charge on any atom is 0.280 e. The number of aliphatic hydroxyl groups excluding tert-OH is 2. The van der Waals surface area contributed by atoms with Gasteiger partial charge in [0.15, 0.2) is 5.78 Å². The van der Waals surface area contributed by atoms with E-state index >= 15 is 0 Å². The van der Waals surface area contributed by atoms with Gasteiger partial charge < -0.3 is 67.5 Å². The number of likely N-dealkylation sites (N-methyl/N-ethyl adjacent to an activating group) is 2. The van der Waals surface area contributed by atoms with E-state index in [0.29, 0.717) is 0 Å². The van der Waals surface area contributed by atoms with E-state index < -0.39 is 60.5 Å². The van der Waals surface area contributed by atoms with E-state index in [1.54, 1.807) is 21.0 Å². The van der Waals surface area contributed by atoms with Gasteiger partial charge in [0.05, 0.1) is 24.3 Å². The Morgan fingerprint density at radius 2 is 1.46 bits per heavy atom. The topological polar surface area (TPSA) is 287 Å². The lowest BCUT2D eigenvalue weighted by atomic mass is 9.80. The van der Waals surface area contributed by atoms with E-state index in [0.717, 1.165) is 0 Å². The summed E-state index contributed by atoms with van der Waals surface area (Å²) >= 11 is 0. The van der Waals surface area contributed by atoms with Crippen molar-refractivity contribution in [2.45, 2.75) is 68.0 Å². The molecule has 2 aliphatic heterocycles. The van der Waals surface area contributed by atoms with Crippen molar-refractivity contribution in [3.05, 3.63) is 0 Å². The average molecular weight is 422 g/mol. The molecular formula is C14H34N2O12. The van der Waals surface area contributed by atoms with Crippen molar-refractivity contribution in [3.63, 3.8) is 0 Å². The van der Waals surface area contributed by atoms with Gasteiger partial charge in [0.1, 0.15) is 18.3 Å². The summed E-state index contributed by atoms with van der Waals surface area (Å²) in [7, 11) is 3.24. The number of carbonyl (C=O) groups excluding carboxylic acids is 1. The third-order valence-corrected chi connectivity index (χ3v) is 4.93. The smallest absolute Gasteiger partial charge is 0.280 e. The number of hydrogen-bond acceptors (Lipinski definition) is 9. The fourth-order valence-electron chi connectivity index (χ4n) is 3.68. The first kappa shape index (κ1) is 31.8. The van der Waals surface area contributed by atoms with E-state index in [2.05, 4.69) is 10.6 Å². The highest BCUT2D eigenvalue weighted by atomic mass is 16.8. The summed E-state index contributed by atoms with van der Waals surface area (Å²) in [6, 6.07) is -1.29. The van der Waals surface area contributed by atoms with Crippen molar-refractivity contribution >= 4 is 5.78 Å². The monoisotopic (exact) mass is 422 g/mol. The third kappa shape index (κ3) is 4.65. The predicted molar refractivity (Wildman–Crippen MR) is 94.4 cm³/mol. The molecule has 172 valence electrons. The lowest BCUT2D eigenvalue weighted by molar-refractivity contribution is -0.420. The Morgan fingerprint density at radius 1 is 0.929 bits per heavy atom. The molecule has 0 aromatic carbocycles. The Hall–Kier alpha value is -0.850. The van der Waals surface area contributed by atoms with Crippen LogP contribution in [0.5, 0.6) is 0 Å². The van der Waals surface area contributed by atoms with Gasteiger partial charge in [-0.1, -0.05) is 0 Å². The Labute approximate surface area is 161 Å². The molecule has 0 aromatic rings. The molecule has 2 heterocycles. The van der Waals surface area contributed by atoms with Gasteiger partial charge in [0.25, 0.3) is 5.79 Å². The van der Waals surface area contributed by atoms with Gasteiger partial charge in [0.2, 0.25) is 6.29 Å². The average Bonchev–Trinajstić information content (AvgIpc) is 2.49. The second kappa shape index (κ2) is 11.4. The quantitative estimate of drug-likeness (QED) is 0.282. The number of ketones is 1. The van der Waals surface area contributed by atoms with Gasteiger partial charge in [-0.05, 0) is 21.0 Å². The number of ether oxygens (including phenoxy) is 3. The van der Waals surface area contributed by atoms with Gasteiger partial charge >= 0.3 is 0 Å².